The lowest BCUT2D eigenvalue weighted by atomic mass is 9.77. The summed E-state index contributed by atoms with van der Waals surface area (Å²) in [6, 6.07) is 8.02. The summed E-state index contributed by atoms with van der Waals surface area (Å²) in [5, 5.41) is 12.6. The third kappa shape index (κ3) is 4.25. The highest BCUT2D eigenvalue weighted by molar-refractivity contribution is 5.89. The summed E-state index contributed by atoms with van der Waals surface area (Å²) in [4.78, 5) is 14.2. The first-order chi connectivity index (χ1) is 10.8. The minimum Gasteiger partial charge on any atom is -0.396 e. The second-order valence-electron chi connectivity index (χ2n) is 7.76. The molecule has 1 heterocycles. The zero-order valence-corrected chi connectivity index (χ0v) is 14.9. The van der Waals surface area contributed by atoms with E-state index in [1.165, 1.54) is 5.56 Å². The van der Waals surface area contributed by atoms with Crippen LogP contribution < -0.4 is 5.32 Å². The molecule has 23 heavy (non-hydrogen) atoms. The van der Waals surface area contributed by atoms with Crippen LogP contribution in [0.5, 0.6) is 0 Å². The molecular formula is C19H30N2O2. The van der Waals surface area contributed by atoms with Gasteiger partial charge in [-0.2, -0.15) is 0 Å². The summed E-state index contributed by atoms with van der Waals surface area (Å²) in [6.45, 7) is 10.3. The highest BCUT2D eigenvalue weighted by Gasteiger charge is 2.33. The van der Waals surface area contributed by atoms with Crippen molar-refractivity contribution in [3.05, 3.63) is 29.8 Å². The number of aliphatic hydroxyl groups excluding tert-OH is 1. The Bertz CT molecular complexity index is 517. The van der Waals surface area contributed by atoms with E-state index in [1.54, 1.807) is 0 Å². The minimum atomic E-state index is -0.0452. The molecule has 1 aliphatic rings. The van der Waals surface area contributed by atoms with E-state index in [0.29, 0.717) is 13.1 Å². The monoisotopic (exact) mass is 318 g/mol. The van der Waals surface area contributed by atoms with Gasteiger partial charge in [-0.1, -0.05) is 39.8 Å². The van der Waals surface area contributed by atoms with E-state index in [-0.39, 0.29) is 23.5 Å². The topological polar surface area (TPSA) is 52.6 Å². The Balaban J connectivity index is 1.93. The van der Waals surface area contributed by atoms with E-state index in [4.69, 9.17) is 0 Å². The summed E-state index contributed by atoms with van der Waals surface area (Å²) in [5.41, 5.74) is 2.20. The molecule has 4 nitrogen and oxygen atoms in total. The Kier molecular flexibility index (Phi) is 5.35. The number of aliphatic hydroxyl groups is 1. The van der Waals surface area contributed by atoms with Crippen LogP contribution in [-0.4, -0.2) is 35.7 Å². The maximum Gasteiger partial charge on any atom is 0.321 e. The molecule has 0 saturated carbocycles. The van der Waals surface area contributed by atoms with Crippen LogP contribution in [0.25, 0.3) is 0 Å². The van der Waals surface area contributed by atoms with E-state index >= 15 is 0 Å². The molecule has 0 aliphatic carbocycles. The van der Waals surface area contributed by atoms with Gasteiger partial charge in [0.1, 0.15) is 0 Å². The molecule has 128 valence electrons. The van der Waals surface area contributed by atoms with E-state index in [9.17, 15) is 9.90 Å². The lowest BCUT2D eigenvalue weighted by Gasteiger charge is -2.40. The van der Waals surface area contributed by atoms with Gasteiger partial charge in [0.15, 0.2) is 0 Å². The molecule has 0 unspecified atom stereocenters. The molecular weight excluding hydrogens is 288 g/mol. The molecule has 2 amide bonds. The second-order valence-corrected chi connectivity index (χ2v) is 7.76. The quantitative estimate of drug-likeness (QED) is 0.885. The molecule has 1 saturated heterocycles. The number of anilines is 1. The number of likely N-dealkylation sites (tertiary alicyclic amines) is 1. The van der Waals surface area contributed by atoms with Crippen LogP contribution >= 0.6 is 0 Å². The van der Waals surface area contributed by atoms with Crippen molar-refractivity contribution < 1.29 is 9.90 Å². The maximum absolute atomic E-state index is 12.4. The van der Waals surface area contributed by atoms with E-state index in [0.717, 1.165) is 24.9 Å². The fourth-order valence-corrected chi connectivity index (χ4v) is 3.06. The van der Waals surface area contributed by atoms with Crippen molar-refractivity contribution in [2.24, 2.45) is 5.41 Å². The standard InChI is InChI=1S/C19H30N2O2/c1-5-19(14-22)10-12-21(13-11-19)17(23)20-16-8-6-15(7-9-16)18(2,3)4/h6-9,22H,5,10-14H2,1-4H3,(H,20,23). The van der Waals surface area contributed by atoms with Crippen LogP contribution in [-0.2, 0) is 5.41 Å². The number of nitrogens with one attached hydrogen (secondary N) is 1. The molecule has 0 radical (unpaired) electrons. The number of carbonyl (C=O) groups is 1. The van der Waals surface area contributed by atoms with Crippen LogP contribution in [0.3, 0.4) is 0 Å². The summed E-state index contributed by atoms with van der Waals surface area (Å²) < 4.78 is 0. The van der Waals surface area contributed by atoms with Gasteiger partial charge in [-0.25, -0.2) is 4.79 Å². The summed E-state index contributed by atoms with van der Waals surface area (Å²) in [6.07, 6.45) is 2.71. The zero-order chi connectivity index (χ0) is 17.1. The largest absolute Gasteiger partial charge is 0.396 e. The molecule has 1 fully saturated rings. The van der Waals surface area contributed by atoms with Crippen LogP contribution in [0, 0.1) is 5.41 Å². The molecule has 1 aliphatic heterocycles. The third-order valence-corrected chi connectivity index (χ3v) is 5.20. The highest BCUT2D eigenvalue weighted by atomic mass is 16.3. The predicted molar refractivity (Wildman–Crippen MR) is 94.8 cm³/mol. The van der Waals surface area contributed by atoms with Crippen LogP contribution in [0.1, 0.15) is 52.5 Å². The third-order valence-electron chi connectivity index (χ3n) is 5.20. The maximum atomic E-state index is 12.4. The molecule has 2 rings (SSSR count). The fraction of sp³-hybridized carbons (Fsp3) is 0.632. The Hall–Kier alpha value is -1.55. The van der Waals surface area contributed by atoms with Gasteiger partial charge >= 0.3 is 6.03 Å². The van der Waals surface area contributed by atoms with Gasteiger partial charge in [-0.15, -0.1) is 0 Å². The first kappa shape index (κ1) is 17.8. The summed E-state index contributed by atoms with van der Waals surface area (Å²) in [5.74, 6) is 0. The van der Waals surface area contributed by atoms with Gasteiger partial charge in [0.25, 0.3) is 0 Å². The number of rotatable bonds is 3. The first-order valence-corrected chi connectivity index (χ1v) is 8.57. The van der Waals surface area contributed by atoms with Gasteiger partial charge < -0.3 is 15.3 Å². The second kappa shape index (κ2) is 6.91. The fourth-order valence-electron chi connectivity index (χ4n) is 3.06. The summed E-state index contributed by atoms with van der Waals surface area (Å²) >= 11 is 0. The number of amides is 2. The number of urea groups is 1. The summed E-state index contributed by atoms with van der Waals surface area (Å²) in [7, 11) is 0. The van der Waals surface area contributed by atoms with E-state index in [2.05, 4.69) is 45.1 Å². The lowest BCUT2D eigenvalue weighted by Crippen LogP contribution is -2.46. The molecule has 0 bridgehead atoms. The van der Waals surface area contributed by atoms with Crippen molar-refractivity contribution in [2.75, 3.05) is 25.0 Å². The highest BCUT2D eigenvalue weighted by Crippen LogP contribution is 2.34. The number of nitrogens with zero attached hydrogens (tertiary/aromatic N) is 1. The lowest BCUT2D eigenvalue weighted by molar-refractivity contribution is 0.0542. The van der Waals surface area contributed by atoms with Crippen LogP contribution in [0.15, 0.2) is 24.3 Å². The number of piperidine rings is 1. The van der Waals surface area contributed by atoms with Crippen molar-refractivity contribution in [3.8, 4) is 0 Å². The Labute approximate surface area is 139 Å². The SMILES string of the molecule is CCC1(CO)CCN(C(=O)Nc2ccc(C(C)(C)C)cc2)CC1. The molecule has 2 N–H and O–H groups in total. The Morgan fingerprint density at radius 2 is 1.78 bits per heavy atom. The Morgan fingerprint density at radius 3 is 2.22 bits per heavy atom. The van der Waals surface area contributed by atoms with Crippen molar-refractivity contribution >= 4 is 11.7 Å². The average Bonchev–Trinajstić information content (AvgIpc) is 2.54. The molecule has 4 heteroatoms. The smallest absolute Gasteiger partial charge is 0.321 e. The van der Waals surface area contributed by atoms with Gasteiger partial charge in [-0.05, 0) is 47.8 Å². The van der Waals surface area contributed by atoms with Crippen molar-refractivity contribution in [3.63, 3.8) is 0 Å². The predicted octanol–water partition coefficient (Wildman–Crippen LogP) is 4.00. The van der Waals surface area contributed by atoms with Crippen molar-refractivity contribution in [2.45, 2.75) is 52.4 Å². The van der Waals surface area contributed by atoms with Crippen LogP contribution in [0.2, 0.25) is 0 Å². The first-order valence-electron chi connectivity index (χ1n) is 8.57. The molecule has 0 spiro atoms. The van der Waals surface area contributed by atoms with Gasteiger partial charge in [0, 0.05) is 25.4 Å². The average molecular weight is 318 g/mol. The van der Waals surface area contributed by atoms with E-state index in [1.807, 2.05) is 17.0 Å². The number of hydrogen-bond acceptors (Lipinski definition) is 2. The molecule has 0 aromatic heterocycles. The Morgan fingerprint density at radius 1 is 1.22 bits per heavy atom. The molecule has 1 aromatic rings. The van der Waals surface area contributed by atoms with Crippen molar-refractivity contribution in [1.82, 2.24) is 4.90 Å². The normalized spacial score (nSPS) is 17.9. The van der Waals surface area contributed by atoms with Gasteiger partial charge in [-0.3, -0.25) is 0 Å². The number of carbonyl (C=O) groups excluding carboxylic acids is 1. The van der Waals surface area contributed by atoms with Crippen molar-refractivity contribution in [1.29, 1.82) is 0 Å². The van der Waals surface area contributed by atoms with Crippen LogP contribution in [0.4, 0.5) is 10.5 Å². The van der Waals surface area contributed by atoms with E-state index < -0.39 is 0 Å². The number of benzene rings is 1. The molecule has 1 aromatic carbocycles. The molecule has 0 atom stereocenters. The number of hydrogen-bond donors (Lipinski definition) is 2. The van der Waals surface area contributed by atoms with Gasteiger partial charge in [0.05, 0.1) is 0 Å². The minimum absolute atomic E-state index is 0.00510. The van der Waals surface area contributed by atoms with Gasteiger partial charge in [0.2, 0.25) is 0 Å². The zero-order valence-electron chi connectivity index (χ0n) is 14.9.